The average Bonchev–Trinajstić information content (AvgIpc) is 2.71. The molecule has 0 aliphatic heterocycles. The minimum atomic E-state index is -0.811. The molecule has 0 N–H and O–H groups in total. The van der Waals surface area contributed by atoms with Crippen molar-refractivity contribution in [1.82, 2.24) is 0 Å². The quantitative estimate of drug-likeness (QED) is 0.245. The fraction of sp³-hybridized carbons (Fsp3) is 0.667. The topological polar surface area (TPSA) is 26.3 Å². The summed E-state index contributed by atoms with van der Waals surface area (Å²) in [5.74, 6) is 0.0905. The number of halogens is 2. The summed E-state index contributed by atoms with van der Waals surface area (Å²) in [4.78, 5) is 12.3. The second kappa shape index (κ2) is 13.6. The van der Waals surface area contributed by atoms with Crippen LogP contribution in [0.3, 0.4) is 0 Å². The molecule has 1 aromatic rings. The highest BCUT2D eigenvalue weighted by atomic mass is 19.2. The standard InChI is InChI=1S/C27H40F2O2/c1-20(2)23-16-14-21(3)18-26(23)31-27(30)13-11-9-7-5-4-6-8-10-12-22-15-17-24(28)25(29)19-22/h10,12,15,17,19-21,23,26H,4-9,11,13-14,16,18H2,1-3H3/b12-10+/t21-,23?,26-/m1/s1. The van der Waals surface area contributed by atoms with Crippen molar-refractivity contribution in [3.8, 4) is 0 Å². The van der Waals surface area contributed by atoms with E-state index in [4.69, 9.17) is 4.74 Å². The molecule has 31 heavy (non-hydrogen) atoms. The highest BCUT2D eigenvalue weighted by molar-refractivity contribution is 5.69. The highest BCUT2D eigenvalue weighted by Gasteiger charge is 2.33. The maximum absolute atomic E-state index is 13.2. The number of carbonyl (C=O) groups excluding carboxylic acids is 1. The van der Waals surface area contributed by atoms with Crippen LogP contribution < -0.4 is 0 Å². The van der Waals surface area contributed by atoms with Crippen LogP contribution in [0.1, 0.15) is 97.0 Å². The molecule has 0 saturated heterocycles. The van der Waals surface area contributed by atoms with Crippen LogP contribution in [0.5, 0.6) is 0 Å². The van der Waals surface area contributed by atoms with E-state index in [1.165, 1.54) is 18.9 Å². The Bertz CT molecular complexity index is 698. The maximum atomic E-state index is 13.2. The van der Waals surface area contributed by atoms with Gasteiger partial charge in [-0.2, -0.15) is 0 Å². The van der Waals surface area contributed by atoms with Crippen molar-refractivity contribution in [2.75, 3.05) is 0 Å². The van der Waals surface area contributed by atoms with Crippen molar-refractivity contribution in [3.63, 3.8) is 0 Å². The van der Waals surface area contributed by atoms with Crippen molar-refractivity contribution >= 4 is 12.0 Å². The molecule has 1 aliphatic carbocycles. The number of rotatable bonds is 12. The fourth-order valence-electron chi connectivity index (χ4n) is 4.55. The molecule has 1 unspecified atom stereocenters. The number of unbranched alkanes of at least 4 members (excludes halogenated alkanes) is 6. The summed E-state index contributed by atoms with van der Waals surface area (Å²) < 4.78 is 31.9. The highest BCUT2D eigenvalue weighted by Crippen LogP contribution is 2.35. The first-order chi connectivity index (χ1) is 14.9. The minimum Gasteiger partial charge on any atom is -0.462 e. The molecular formula is C27H40F2O2. The van der Waals surface area contributed by atoms with E-state index in [1.54, 1.807) is 6.07 Å². The van der Waals surface area contributed by atoms with Crippen LogP contribution in [-0.2, 0) is 9.53 Å². The molecule has 0 amide bonds. The Morgan fingerprint density at radius 1 is 1.06 bits per heavy atom. The van der Waals surface area contributed by atoms with Crippen molar-refractivity contribution in [3.05, 3.63) is 41.5 Å². The van der Waals surface area contributed by atoms with Gasteiger partial charge in [0.1, 0.15) is 6.10 Å². The van der Waals surface area contributed by atoms with Crippen LogP contribution >= 0.6 is 0 Å². The summed E-state index contributed by atoms with van der Waals surface area (Å²) in [7, 11) is 0. The van der Waals surface area contributed by atoms with Crippen LogP contribution in [0.15, 0.2) is 24.3 Å². The third-order valence-corrected chi connectivity index (χ3v) is 6.50. The summed E-state index contributed by atoms with van der Waals surface area (Å²) in [6.07, 6.45) is 15.3. The molecule has 1 aromatic carbocycles. The van der Waals surface area contributed by atoms with Crippen LogP contribution in [0.25, 0.3) is 6.08 Å². The first-order valence-corrected chi connectivity index (χ1v) is 12.2. The van der Waals surface area contributed by atoms with Crippen LogP contribution in [0.4, 0.5) is 8.78 Å². The van der Waals surface area contributed by atoms with Gasteiger partial charge < -0.3 is 4.74 Å². The zero-order valence-corrected chi connectivity index (χ0v) is 19.5. The first-order valence-electron chi connectivity index (χ1n) is 12.2. The zero-order chi connectivity index (χ0) is 22.6. The van der Waals surface area contributed by atoms with Crippen molar-refractivity contribution in [2.45, 2.75) is 97.5 Å². The fourth-order valence-corrected chi connectivity index (χ4v) is 4.55. The summed E-state index contributed by atoms with van der Waals surface area (Å²) in [6, 6.07) is 3.95. The Kier molecular flexibility index (Phi) is 11.2. The second-order valence-corrected chi connectivity index (χ2v) is 9.59. The van der Waals surface area contributed by atoms with Crippen molar-refractivity contribution in [1.29, 1.82) is 0 Å². The summed E-state index contributed by atoms with van der Waals surface area (Å²) in [6.45, 7) is 6.73. The molecule has 4 heteroatoms. The molecule has 2 nitrogen and oxygen atoms in total. The van der Waals surface area contributed by atoms with Gasteiger partial charge in [0.05, 0.1) is 0 Å². The molecule has 3 atom stereocenters. The molecule has 174 valence electrons. The lowest BCUT2D eigenvalue weighted by atomic mass is 9.75. The molecule has 2 rings (SSSR count). The predicted octanol–water partition coefficient (Wildman–Crippen LogP) is 8.10. The van der Waals surface area contributed by atoms with Crippen LogP contribution in [-0.4, -0.2) is 12.1 Å². The lowest BCUT2D eigenvalue weighted by Gasteiger charge is -2.36. The van der Waals surface area contributed by atoms with E-state index in [9.17, 15) is 13.6 Å². The molecule has 1 fully saturated rings. The van der Waals surface area contributed by atoms with Gasteiger partial charge in [0.2, 0.25) is 0 Å². The van der Waals surface area contributed by atoms with E-state index >= 15 is 0 Å². The summed E-state index contributed by atoms with van der Waals surface area (Å²) in [5, 5.41) is 0. The molecule has 0 bridgehead atoms. The molecule has 0 aromatic heterocycles. The molecule has 1 aliphatic rings. The third kappa shape index (κ3) is 9.53. The number of hydrogen-bond donors (Lipinski definition) is 0. The number of allylic oxidation sites excluding steroid dienone is 1. The van der Waals surface area contributed by atoms with Crippen molar-refractivity contribution in [2.24, 2.45) is 17.8 Å². The molecule has 0 radical (unpaired) electrons. The second-order valence-electron chi connectivity index (χ2n) is 9.59. The molecule has 1 saturated carbocycles. The average molecular weight is 435 g/mol. The maximum Gasteiger partial charge on any atom is 0.306 e. The predicted molar refractivity (Wildman–Crippen MR) is 124 cm³/mol. The van der Waals surface area contributed by atoms with Gasteiger partial charge in [-0.3, -0.25) is 4.79 Å². The van der Waals surface area contributed by atoms with Gasteiger partial charge in [-0.15, -0.1) is 0 Å². The van der Waals surface area contributed by atoms with Gasteiger partial charge in [-0.25, -0.2) is 8.78 Å². The zero-order valence-electron chi connectivity index (χ0n) is 19.5. The summed E-state index contributed by atoms with van der Waals surface area (Å²) >= 11 is 0. The number of benzene rings is 1. The smallest absolute Gasteiger partial charge is 0.306 e. The minimum absolute atomic E-state index is 0.0212. The van der Waals surface area contributed by atoms with E-state index in [0.717, 1.165) is 57.4 Å². The monoisotopic (exact) mass is 434 g/mol. The Morgan fingerprint density at radius 3 is 2.48 bits per heavy atom. The summed E-state index contributed by atoms with van der Waals surface area (Å²) in [5.41, 5.74) is 0.688. The van der Waals surface area contributed by atoms with Crippen LogP contribution in [0, 0.1) is 29.4 Å². The Balaban J connectivity index is 1.50. The molecule has 0 heterocycles. The lowest BCUT2D eigenvalue weighted by Crippen LogP contribution is -2.35. The van der Waals surface area contributed by atoms with E-state index < -0.39 is 11.6 Å². The van der Waals surface area contributed by atoms with Gasteiger partial charge in [-0.05, 0) is 67.6 Å². The van der Waals surface area contributed by atoms with Gasteiger partial charge in [-0.1, -0.05) is 71.1 Å². The SMILES string of the molecule is CC(C)C1CC[C@@H](C)C[C@H]1OC(=O)CCCCCCCC/C=C/c1ccc(F)c(F)c1. The number of hydrogen-bond acceptors (Lipinski definition) is 2. The van der Waals surface area contributed by atoms with Gasteiger partial charge in [0, 0.05) is 6.42 Å². The van der Waals surface area contributed by atoms with Gasteiger partial charge in [0.25, 0.3) is 0 Å². The molecule has 0 spiro atoms. The van der Waals surface area contributed by atoms with Crippen molar-refractivity contribution < 1.29 is 18.3 Å². The first kappa shape index (κ1) is 25.5. The van der Waals surface area contributed by atoms with E-state index in [-0.39, 0.29) is 12.1 Å². The Labute approximate surface area is 187 Å². The third-order valence-electron chi connectivity index (χ3n) is 6.50. The number of esters is 1. The van der Waals surface area contributed by atoms with E-state index in [2.05, 4.69) is 20.8 Å². The lowest BCUT2D eigenvalue weighted by molar-refractivity contribution is -0.156. The van der Waals surface area contributed by atoms with Gasteiger partial charge >= 0.3 is 5.97 Å². The van der Waals surface area contributed by atoms with Crippen LogP contribution in [0.2, 0.25) is 0 Å². The Morgan fingerprint density at radius 2 is 1.77 bits per heavy atom. The Hall–Kier alpha value is -1.71. The number of ether oxygens (including phenoxy) is 1. The van der Waals surface area contributed by atoms with Gasteiger partial charge in [0.15, 0.2) is 11.6 Å². The largest absolute Gasteiger partial charge is 0.462 e. The van der Waals surface area contributed by atoms with E-state index in [0.29, 0.717) is 29.7 Å². The normalized spacial score (nSPS) is 21.7. The molecular weight excluding hydrogens is 394 g/mol. The van der Waals surface area contributed by atoms with E-state index in [1.807, 2.05) is 12.2 Å². The number of carbonyl (C=O) groups is 1.